The third kappa shape index (κ3) is 7.85. The van der Waals surface area contributed by atoms with Gasteiger partial charge in [-0.3, -0.25) is 0 Å². The summed E-state index contributed by atoms with van der Waals surface area (Å²) in [6.07, 6.45) is 3.95. The van der Waals surface area contributed by atoms with Crippen molar-refractivity contribution in [1.29, 1.82) is 0 Å². The molecule has 0 saturated carbocycles. The monoisotopic (exact) mass is 513 g/mol. The van der Waals surface area contributed by atoms with Crippen LogP contribution in [0.3, 0.4) is 0 Å². The number of halogens is 1. The summed E-state index contributed by atoms with van der Waals surface area (Å²) in [5.41, 5.74) is 5.14. The minimum Gasteiger partial charge on any atom is -1.00 e. The Morgan fingerprint density at radius 1 is 0.459 bits per heavy atom. The quantitative estimate of drug-likeness (QED) is 0.290. The largest absolute Gasteiger partial charge is 1.00 e. The standard InChI is InChI=1S/C33H36NO2.ClH/c1-4-10-30(11-5-1)26-35-32-18-14-28(15-19-32)24-34(22-8-3-9-23-34)25-29-16-20-33(21-17-29)36-27-31-12-6-2-7-13-31;/h1-2,4-7,10-21H,3,8-9,22-27H2;1H/q+1;/p-1. The molecule has 0 bridgehead atoms. The second kappa shape index (κ2) is 13.3. The lowest BCUT2D eigenvalue weighted by atomic mass is 10.0. The molecular formula is C33H36ClNO2. The molecule has 1 fully saturated rings. The lowest BCUT2D eigenvalue weighted by Crippen LogP contribution is -3.00. The fourth-order valence-electron chi connectivity index (χ4n) is 5.19. The number of benzene rings is 4. The third-order valence-corrected chi connectivity index (χ3v) is 7.14. The van der Waals surface area contributed by atoms with E-state index in [4.69, 9.17) is 9.47 Å². The number of hydrogen-bond acceptors (Lipinski definition) is 2. The van der Waals surface area contributed by atoms with Crippen molar-refractivity contribution in [3.8, 4) is 11.5 Å². The molecule has 0 aliphatic carbocycles. The molecule has 37 heavy (non-hydrogen) atoms. The second-order valence-corrected chi connectivity index (χ2v) is 10.0. The summed E-state index contributed by atoms with van der Waals surface area (Å²) < 4.78 is 13.1. The number of likely N-dealkylation sites (tertiary alicyclic amines) is 1. The van der Waals surface area contributed by atoms with E-state index in [9.17, 15) is 0 Å². The van der Waals surface area contributed by atoms with Crippen LogP contribution in [0.5, 0.6) is 11.5 Å². The Labute approximate surface area is 227 Å². The zero-order valence-electron chi connectivity index (χ0n) is 21.4. The predicted molar refractivity (Wildman–Crippen MR) is 146 cm³/mol. The van der Waals surface area contributed by atoms with Crippen molar-refractivity contribution in [3.05, 3.63) is 131 Å². The molecule has 0 aromatic heterocycles. The van der Waals surface area contributed by atoms with Crippen LogP contribution < -0.4 is 21.9 Å². The van der Waals surface area contributed by atoms with Crippen LogP contribution in [-0.2, 0) is 26.3 Å². The molecule has 0 radical (unpaired) electrons. The van der Waals surface area contributed by atoms with Crippen molar-refractivity contribution in [1.82, 2.24) is 0 Å². The number of quaternary nitrogens is 1. The van der Waals surface area contributed by atoms with E-state index in [1.54, 1.807) is 0 Å². The van der Waals surface area contributed by atoms with E-state index < -0.39 is 0 Å². The SMILES string of the molecule is [Cl-].c1ccc(COc2ccc(C[N+]3(Cc4ccc(OCc5ccccc5)cc4)CCCCC3)cc2)cc1. The van der Waals surface area contributed by atoms with Gasteiger partial charge in [-0.25, -0.2) is 0 Å². The van der Waals surface area contributed by atoms with E-state index in [1.807, 2.05) is 12.1 Å². The highest BCUT2D eigenvalue weighted by atomic mass is 35.5. The van der Waals surface area contributed by atoms with Crippen molar-refractivity contribution in [3.63, 3.8) is 0 Å². The molecule has 4 aromatic rings. The summed E-state index contributed by atoms with van der Waals surface area (Å²) in [4.78, 5) is 0. The van der Waals surface area contributed by atoms with Crippen LogP contribution in [0.15, 0.2) is 109 Å². The number of ether oxygens (including phenoxy) is 2. The van der Waals surface area contributed by atoms with E-state index in [-0.39, 0.29) is 12.4 Å². The lowest BCUT2D eigenvalue weighted by Gasteiger charge is -2.42. The molecule has 4 aromatic carbocycles. The van der Waals surface area contributed by atoms with Crippen LogP contribution in [0, 0.1) is 0 Å². The molecule has 1 saturated heterocycles. The number of piperidine rings is 1. The van der Waals surface area contributed by atoms with Crippen molar-refractivity contribution < 1.29 is 26.4 Å². The van der Waals surface area contributed by atoms with Gasteiger partial charge in [0.15, 0.2) is 0 Å². The zero-order valence-corrected chi connectivity index (χ0v) is 22.2. The molecule has 1 aliphatic rings. The Bertz CT molecular complexity index is 1100. The maximum atomic E-state index is 6.00. The summed E-state index contributed by atoms with van der Waals surface area (Å²) in [7, 11) is 0. The number of rotatable bonds is 10. The summed E-state index contributed by atoms with van der Waals surface area (Å²) in [6, 6.07) is 38.1. The molecular weight excluding hydrogens is 478 g/mol. The first-order valence-electron chi connectivity index (χ1n) is 13.1. The van der Waals surface area contributed by atoms with Crippen LogP contribution >= 0.6 is 0 Å². The Hall–Kier alpha value is -3.27. The van der Waals surface area contributed by atoms with Gasteiger partial charge in [-0.1, -0.05) is 60.7 Å². The van der Waals surface area contributed by atoms with Crippen LogP contribution in [-0.4, -0.2) is 17.6 Å². The molecule has 0 spiro atoms. The normalized spacial score (nSPS) is 14.4. The summed E-state index contributed by atoms with van der Waals surface area (Å²) in [6.45, 7) is 5.80. The Morgan fingerprint density at radius 2 is 0.865 bits per heavy atom. The molecule has 1 aliphatic heterocycles. The average molecular weight is 514 g/mol. The molecule has 0 N–H and O–H groups in total. The Kier molecular flexibility index (Phi) is 9.65. The maximum Gasteiger partial charge on any atom is 0.119 e. The summed E-state index contributed by atoms with van der Waals surface area (Å²) in [5, 5.41) is 0. The zero-order chi connectivity index (χ0) is 24.5. The predicted octanol–water partition coefficient (Wildman–Crippen LogP) is 4.55. The first-order valence-corrected chi connectivity index (χ1v) is 13.1. The van der Waals surface area contributed by atoms with E-state index in [0.717, 1.165) is 29.1 Å². The third-order valence-electron chi connectivity index (χ3n) is 7.14. The summed E-state index contributed by atoms with van der Waals surface area (Å²) >= 11 is 0. The van der Waals surface area contributed by atoms with Gasteiger partial charge in [-0.15, -0.1) is 0 Å². The highest BCUT2D eigenvalue weighted by Gasteiger charge is 2.30. The Morgan fingerprint density at radius 3 is 1.27 bits per heavy atom. The molecule has 0 amide bonds. The molecule has 1 heterocycles. The van der Waals surface area contributed by atoms with Gasteiger partial charge >= 0.3 is 0 Å². The Balaban J connectivity index is 0.00000320. The van der Waals surface area contributed by atoms with Crippen LogP contribution in [0.1, 0.15) is 41.5 Å². The van der Waals surface area contributed by atoms with Gasteiger partial charge in [0.1, 0.15) is 37.8 Å². The van der Waals surface area contributed by atoms with E-state index >= 15 is 0 Å². The number of hydrogen-bond donors (Lipinski definition) is 0. The second-order valence-electron chi connectivity index (χ2n) is 10.0. The average Bonchev–Trinajstić information content (AvgIpc) is 2.94. The maximum absolute atomic E-state index is 6.00. The molecule has 3 nitrogen and oxygen atoms in total. The van der Waals surface area contributed by atoms with E-state index in [2.05, 4.69) is 97.1 Å². The van der Waals surface area contributed by atoms with Crippen molar-refractivity contribution in [2.45, 2.75) is 45.6 Å². The van der Waals surface area contributed by atoms with Gasteiger partial charge in [0.25, 0.3) is 0 Å². The van der Waals surface area contributed by atoms with E-state index in [0.29, 0.717) is 13.2 Å². The van der Waals surface area contributed by atoms with Gasteiger partial charge in [0.2, 0.25) is 0 Å². The topological polar surface area (TPSA) is 18.5 Å². The summed E-state index contributed by atoms with van der Waals surface area (Å²) in [5.74, 6) is 1.86. The minimum absolute atomic E-state index is 0. The van der Waals surface area contributed by atoms with Gasteiger partial charge in [0, 0.05) is 11.1 Å². The fourth-order valence-corrected chi connectivity index (χ4v) is 5.19. The van der Waals surface area contributed by atoms with Crippen LogP contribution in [0.2, 0.25) is 0 Å². The molecule has 4 heteroatoms. The first-order chi connectivity index (χ1) is 17.8. The number of nitrogens with zero attached hydrogens (tertiary/aromatic N) is 1. The molecule has 5 rings (SSSR count). The van der Waals surface area contributed by atoms with Gasteiger partial charge < -0.3 is 26.4 Å². The van der Waals surface area contributed by atoms with Crippen molar-refractivity contribution in [2.75, 3.05) is 13.1 Å². The van der Waals surface area contributed by atoms with Crippen LogP contribution in [0.25, 0.3) is 0 Å². The van der Waals surface area contributed by atoms with Gasteiger partial charge in [-0.05, 0) is 78.9 Å². The van der Waals surface area contributed by atoms with Crippen molar-refractivity contribution in [2.24, 2.45) is 0 Å². The van der Waals surface area contributed by atoms with E-state index in [1.165, 1.54) is 54.6 Å². The molecule has 0 atom stereocenters. The highest BCUT2D eigenvalue weighted by molar-refractivity contribution is 5.29. The first kappa shape index (κ1) is 26.8. The van der Waals surface area contributed by atoms with Crippen LogP contribution in [0.4, 0.5) is 0 Å². The lowest BCUT2D eigenvalue weighted by molar-refractivity contribution is -0.957. The van der Waals surface area contributed by atoms with Gasteiger partial charge in [0.05, 0.1) is 13.1 Å². The molecule has 0 unspecified atom stereocenters. The van der Waals surface area contributed by atoms with Crippen molar-refractivity contribution >= 4 is 0 Å². The molecule has 192 valence electrons. The fraction of sp³-hybridized carbons (Fsp3) is 0.273. The van der Waals surface area contributed by atoms with Gasteiger partial charge in [-0.2, -0.15) is 0 Å². The smallest absolute Gasteiger partial charge is 0.119 e. The minimum atomic E-state index is 0. The highest BCUT2D eigenvalue weighted by Crippen LogP contribution is 2.28.